The number of hydrogen-bond acceptors (Lipinski definition) is 5. The van der Waals surface area contributed by atoms with Crippen LogP contribution in [0.5, 0.6) is 5.75 Å². The van der Waals surface area contributed by atoms with E-state index < -0.39 is 24.6 Å². The smallest absolute Gasteiger partial charge is 0.347 e. The molecule has 0 saturated carbocycles. The van der Waals surface area contributed by atoms with Crippen molar-refractivity contribution < 1.29 is 19.1 Å². The molecule has 2 aromatic carbocycles. The Morgan fingerprint density at radius 1 is 1.03 bits per heavy atom. The van der Waals surface area contributed by atoms with Crippen LogP contribution in [0.1, 0.15) is 19.0 Å². The molecule has 3 rings (SSSR count). The topological polar surface area (TPSA) is 91.6 Å². The summed E-state index contributed by atoms with van der Waals surface area (Å²) in [5.41, 5.74) is 1.02. The largest absolute Gasteiger partial charge is 0.479 e. The molecule has 1 aromatic heterocycles. The molecule has 31 heavy (non-hydrogen) atoms. The lowest BCUT2D eigenvalue weighted by molar-refractivity contribution is -0.154. The van der Waals surface area contributed by atoms with Crippen molar-refractivity contribution in [2.75, 3.05) is 11.9 Å². The number of carbonyl (C=O) groups excluding carboxylic acids is 2. The number of nitrogens with zero attached hydrogens (tertiary/aromatic N) is 2. The zero-order valence-electron chi connectivity index (χ0n) is 17.7. The predicted molar refractivity (Wildman–Crippen MR) is 116 cm³/mol. The van der Waals surface area contributed by atoms with Crippen molar-refractivity contribution >= 4 is 17.6 Å². The second-order valence-electron chi connectivity index (χ2n) is 6.92. The predicted octanol–water partition coefficient (Wildman–Crippen LogP) is 2.82. The summed E-state index contributed by atoms with van der Waals surface area (Å²) in [4.78, 5) is 37.5. The number of hydrogen-bond donors (Lipinski definition) is 1. The molecule has 3 aromatic rings. The highest BCUT2D eigenvalue weighted by atomic mass is 16.6. The van der Waals surface area contributed by atoms with Crippen LogP contribution in [0.15, 0.2) is 65.5 Å². The van der Waals surface area contributed by atoms with Gasteiger partial charge < -0.3 is 14.8 Å². The van der Waals surface area contributed by atoms with E-state index in [2.05, 4.69) is 5.32 Å². The normalized spacial score (nSPS) is 11.6. The molecule has 0 bridgehead atoms. The van der Waals surface area contributed by atoms with Crippen LogP contribution in [0, 0.1) is 6.92 Å². The fourth-order valence-corrected chi connectivity index (χ4v) is 3.08. The summed E-state index contributed by atoms with van der Waals surface area (Å²) in [6, 6.07) is 18.0. The molecule has 0 saturated heterocycles. The lowest BCUT2D eigenvalue weighted by atomic mass is 10.2. The van der Waals surface area contributed by atoms with Crippen LogP contribution in [0.3, 0.4) is 0 Å². The maximum absolute atomic E-state index is 12.8. The Balaban J connectivity index is 1.65. The first-order valence-corrected chi connectivity index (χ1v) is 9.94. The Hall–Kier alpha value is -3.81. The van der Waals surface area contributed by atoms with Gasteiger partial charge in [0.2, 0.25) is 0 Å². The molecule has 0 aliphatic carbocycles. The summed E-state index contributed by atoms with van der Waals surface area (Å²) in [5.74, 6) is -0.709. The van der Waals surface area contributed by atoms with Crippen LogP contribution < -0.4 is 15.6 Å². The number of benzene rings is 2. The number of amides is 1. The highest BCUT2D eigenvalue weighted by Crippen LogP contribution is 2.15. The van der Waals surface area contributed by atoms with E-state index in [9.17, 15) is 14.4 Å². The van der Waals surface area contributed by atoms with Gasteiger partial charge in [0.1, 0.15) is 11.4 Å². The quantitative estimate of drug-likeness (QED) is 0.563. The van der Waals surface area contributed by atoms with Gasteiger partial charge in [0.05, 0.1) is 11.4 Å². The van der Waals surface area contributed by atoms with Gasteiger partial charge in [0.25, 0.3) is 11.5 Å². The van der Waals surface area contributed by atoms with Gasteiger partial charge in [0.15, 0.2) is 12.7 Å². The first-order chi connectivity index (χ1) is 14.9. The SMILES string of the molecule is CC[C@@H](Oc1ccccc1)C(=O)OCC(=O)Nc1c(C)n(C)n(-c2ccccc2)c1=O. The molecule has 0 spiro atoms. The Bertz CT molecular complexity index is 1100. The van der Waals surface area contributed by atoms with Gasteiger partial charge in [-0.2, -0.15) is 0 Å². The van der Waals surface area contributed by atoms with Crippen LogP contribution in [0.25, 0.3) is 5.69 Å². The van der Waals surface area contributed by atoms with Crippen molar-refractivity contribution in [3.63, 3.8) is 0 Å². The number of nitrogens with one attached hydrogen (secondary N) is 1. The van der Waals surface area contributed by atoms with Crippen LogP contribution in [0.4, 0.5) is 5.69 Å². The third-order valence-corrected chi connectivity index (χ3v) is 4.82. The molecule has 0 aliphatic heterocycles. The second kappa shape index (κ2) is 9.80. The van der Waals surface area contributed by atoms with Crippen molar-refractivity contribution in [2.24, 2.45) is 7.05 Å². The Morgan fingerprint density at radius 3 is 2.26 bits per heavy atom. The van der Waals surface area contributed by atoms with Gasteiger partial charge in [-0.05, 0) is 37.6 Å². The van der Waals surface area contributed by atoms with Crippen molar-refractivity contribution in [1.82, 2.24) is 9.36 Å². The molecule has 1 N–H and O–H groups in total. The average Bonchev–Trinajstić information content (AvgIpc) is 3.00. The van der Waals surface area contributed by atoms with Crippen molar-refractivity contribution in [3.8, 4) is 11.4 Å². The number of aromatic nitrogens is 2. The zero-order chi connectivity index (χ0) is 22.4. The monoisotopic (exact) mass is 423 g/mol. The fraction of sp³-hybridized carbons (Fsp3) is 0.261. The Kier molecular flexibility index (Phi) is 6.92. The van der Waals surface area contributed by atoms with Crippen LogP contribution in [-0.2, 0) is 21.4 Å². The van der Waals surface area contributed by atoms with E-state index in [0.29, 0.717) is 23.6 Å². The molecule has 1 heterocycles. The third kappa shape index (κ3) is 5.03. The molecular weight excluding hydrogens is 398 g/mol. The summed E-state index contributed by atoms with van der Waals surface area (Å²) >= 11 is 0. The van der Waals surface area contributed by atoms with E-state index in [0.717, 1.165) is 0 Å². The van der Waals surface area contributed by atoms with Gasteiger partial charge in [-0.1, -0.05) is 43.3 Å². The first-order valence-electron chi connectivity index (χ1n) is 9.94. The summed E-state index contributed by atoms with van der Waals surface area (Å²) in [6.45, 7) is 2.99. The van der Waals surface area contributed by atoms with Gasteiger partial charge in [0, 0.05) is 7.05 Å². The maximum Gasteiger partial charge on any atom is 0.347 e. The number of ether oxygens (including phenoxy) is 2. The standard InChI is InChI=1S/C23H25N3O5/c1-4-19(31-18-13-9-6-10-14-18)23(29)30-15-20(27)24-21-16(2)25(3)26(22(21)28)17-11-7-5-8-12-17/h5-14,19H,4,15H2,1-3H3,(H,24,27)/t19-/m1/s1. The number of para-hydroxylation sites is 2. The second-order valence-corrected chi connectivity index (χ2v) is 6.92. The first kappa shape index (κ1) is 21.9. The lowest BCUT2D eigenvalue weighted by Gasteiger charge is -2.16. The molecule has 8 heteroatoms. The molecule has 0 fully saturated rings. The minimum atomic E-state index is -0.830. The number of esters is 1. The number of rotatable bonds is 8. The molecule has 0 aliphatic rings. The Labute approximate surface area is 180 Å². The van der Waals surface area contributed by atoms with Gasteiger partial charge >= 0.3 is 5.97 Å². The minimum Gasteiger partial charge on any atom is -0.479 e. The van der Waals surface area contributed by atoms with E-state index in [1.54, 1.807) is 62.0 Å². The third-order valence-electron chi connectivity index (χ3n) is 4.82. The van der Waals surface area contributed by atoms with Crippen molar-refractivity contribution in [1.29, 1.82) is 0 Å². The molecule has 1 amide bonds. The number of anilines is 1. The number of carbonyl (C=O) groups is 2. The summed E-state index contributed by atoms with van der Waals surface area (Å²) in [5, 5.41) is 2.56. The summed E-state index contributed by atoms with van der Waals surface area (Å²) in [7, 11) is 1.73. The molecule has 162 valence electrons. The average molecular weight is 423 g/mol. The van der Waals surface area contributed by atoms with Gasteiger partial charge in [-0.25, -0.2) is 9.48 Å². The lowest BCUT2D eigenvalue weighted by Crippen LogP contribution is -2.32. The van der Waals surface area contributed by atoms with E-state index in [1.165, 1.54) is 4.68 Å². The van der Waals surface area contributed by atoms with E-state index in [4.69, 9.17) is 9.47 Å². The van der Waals surface area contributed by atoms with Crippen LogP contribution in [-0.4, -0.2) is 34.0 Å². The summed E-state index contributed by atoms with van der Waals surface area (Å²) in [6.07, 6.45) is -0.446. The van der Waals surface area contributed by atoms with E-state index >= 15 is 0 Å². The highest BCUT2D eigenvalue weighted by Gasteiger charge is 2.22. The fourth-order valence-electron chi connectivity index (χ4n) is 3.08. The Morgan fingerprint density at radius 2 is 1.65 bits per heavy atom. The summed E-state index contributed by atoms with van der Waals surface area (Å²) < 4.78 is 13.8. The minimum absolute atomic E-state index is 0.139. The van der Waals surface area contributed by atoms with Crippen molar-refractivity contribution in [3.05, 3.63) is 76.7 Å². The molecular formula is C23H25N3O5. The molecule has 0 radical (unpaired) electrons. The maximum atomic E-state index is 12.8. The molecule has 1 atom stereocenters. The van der Waals surface area contributed by atoms with E-state index in [1.807, 2.05) is 24.3 Å². The van der Waals surface area contributed by atoms with Crippen LogP contribution >= 0.6 is 0 Å². The zero-order valence-corrected chi connectivity index (χ0v) is 17.7. The van der Waals surface area contributed by atoms with Crippen LogP contribution in [0.2, 0.25) is 0 Å². The van der Waals surface area contributed by atoms with Gasteiger partial charge in [-0.15, -0.1) is 0 Å². The molecule has 8 nitrogen and oxygen atoms in total. The van der Waals surface area contributed by atoms with Crippen molar-refractivity contribution in [2.45, 2.75) is 26.4 Å². The van der Waals surface area contributed by atoms with Gasteiger partial charge in [-0.3, -0.25) is 14.3 Å². The van der Waals surface area contributed by atoms with E-state index in [-0.39, 0.29) is 11.2 Å². The highest BCUT2D eigenvalue weighted by molar-refractivity contribution is 5.93. The molecule has 0 unspecified atom stereocenters.